The molecular formula is C13H25N3O6. The molecule has 0 aromatic carbocycles. The second kappa shape index (κ2) is 9.34. The van der Waals surface area contributed by atoms with E-state index in [1.54, 1.807) is 6.92 Å². The Balaban J connectivity index is 4.32. The van der Waals surface area contributed by atoms with Crippen molar-refractivity contribution in [2.45, 2.75) is 51.4 Å². The van der Waals surface area contributed by atoms with E-state index in [9.17, 15) is 14.4 Å². The average molecular weight is 319 g/mol. The molecule has 0 unspecified atom stereocenters. The largest absolute Gasteiger partial charge is 0.480 e. The molecule has 0 fully saturated rings. The Hall–Kier alpha value is -1.71. The summed E-state index contributed by atoms with van der Waals surface area (Å²) in [4.78, 5) is 33.9. The fourth-order valence-electron chi connectivity index (χ4n) is 1.37. The minimum absolute atomic E-state index is 0.0655. The highest BCUT2D eigenvalue weighted by Crippen LogP contribution is 2.07. The highest BCUT2D eigenvalue weighted by Gasteiger charge is 2.28. The van der Waals surface area contributed by atoms with E-state index in [1.165, 1.54) is 6.92 Å². The van der Waals surface area contributed by atoms with Crippen molar-refractivity contribution in [3.8, 4) is 0 Å². The van der Waals surface area contributed by atoms with Gasteiger partial charge in [0, 0.05) is 0 Å². The molecule has 0 aromatic heterocycles. The number of carbonyl (C=O) groups is 3. The maximum absolute atomic E-state index is 11.6. The van der Waals surface area contributed by atoms with Crippen molar-refractivity contribution < 1.29 is 29.0 Å². The number of rotatable bonds is 9. The van der Waals surface area contributed by atoms with Gasteiger partial charge in [-0.15, -0.1) is 0 Å². The Kier molecular flexibility index (Phi) is 8.61. The minimum atomic E-state index is -1.36. The van der Waals surface area contributed by atoms with Crippen molar-refractivity contribution in [1.82, 2.24) is 0 Å². The SMILES string of the molecule is CC[C@H](C)[C@H](N)C(=O)OC[C@H](N)C(=O)O[C@H](C)[C@H](N)C(=O)O. The molecular weight excluding hydrogens is 294 g/mol. The highest BCUT2D eigenvalue weighted by atomic mass is 16.6. The Bertz CT molecular complexity index is 403. The van der Waals surface area contributed by atoms with Crippen LogP contribution in [-0.4, -0.2) is 53.9 Å². The summed E-state index contributed by atoms with van der Waals surface area (Å²) in [5.74, 6) is -2.94. The Morgan fingerprint density at radius 2 is 1.59 bits per heavy atom. The van der Waals surface area contributed by atoms with Crippen LogP contribution in [0.2, 0.25) is 0 Å². The molecule has 9 heteroatoms. The van der Waals surface area contributed by atoms with Gasteiger partial charge in [0.1, 0.15) is 30.8 Å². The van der Waals surface area contributed by atoms with Gasteiger partial charge in [-0.25, -0.2) is 0 Å². The van der Waals surface area contributed by atoms with Gasteiger partial charge in [-0.3, -0.25) is 14.4 Å². The fourth-order valence-corrected chi connectivity index (χ4v) is 1.37. The normalized spacial score (nSPS) is 17.7. The number of carboxylic acid groups (broad SMARTS) is 1. The van der Waals surface area contributed by atoms with E-state index in [1.807, 2.05) is 6.92 Å². The van der Waals surface area contributed by atoms with Crippen LogP contribution in [0.25, 0.3) is 0 Å². The van der Waals surface area contributed by atoms with Crippen LogP contribution in [-0.2, 0) is 23.9 Å². The minimum Gasteiger partial charge on any atom is -0.480 e. The quantitative estimate of drug-likeness (QED) is 0.372. The first-order chi connectivity index (χ1) is 10.1. The van der Waals surface area contributed by atoms with Crippen molar-refractivity contribution in [3.05, 3.63) is 0 Å². The summed E-state index contributed by atoms with van der Waals surface area (Å²) >= 11 is 0. The Labute approximate surface area is 129 Å². The van der Waals surface area contributed by atoms with Gasteiger partial charge in [-0.2, -0.15) is 0 Å². The van der Waals surface area contributed by atoms with Gasteiger partial charge in [-0.1, -0.05) is 20.3 Å². The summed E-state index contributed by atoms with van der Waals surface area (Å²) in [5.41, 5.74) is 16.5. The number of nitrogens with two attached hydrogens (primary N) is 3. The van der Waals surface area contributed by atoms with Crippen molar-refractivity contribution in [2.75, 3.05) is 6.61 Å². The average Bonchev–Trinajstić information content (AvgIpc) is 2.49. The van der Waals surface area contributed by atoms with Crippen LogP contribution in [0.3, 0.4) is 0 Å². The van der Waals surface area contributed by atoms with E-state index in [4.69, 9.17) is 31.8 Å². The van der Waals surface area contributed by atoms with Crippen LogP contribution in [0, 0.1) is 5.92 Å². The zero-order chi connectivity index (χ0) is 17.4. The Morgan fingerprint density at radius 3 is 2.05 bits per heavy atom. The third kappa shape index (κ3) is 6.37. The molecule has 0 saturated heterocycles. The lowest BCUT2D eigenvalue weighted by atomic mass is 10.0. The zero-order valence-corrected chi connectivity index (χ0v) is 13.0. The first kappa shape index (κ1) is 20.3. The van der Waals surface area contributed by atoms with Gasteiger partial charge in [-0.05, 0) is 12.8 Å². The summed E-state index contributed by atoms with van der Waals surface area (Å²) in [6.07, 6.45) is -0.358. The van der Waals surface area contributed by atoms with E-state index in [0.29, 0.717) is 6.42 Å². The first-order valence-electron chi connectivity index (χ1n) is 6.98. The number of hydrogen-bond donors (Lipinski definition) is 4. The lowest BCUT2D eigenvalue weighted by molar-refractivity contribution is -0.157. The third-order valence-corrected chi connectivity index (χ3v) is 3.33. The molecule has 5 atom stereocenters. The lowest BCUT2D eigenvalue weighted by Crippen LogP contribution is -2.47. The standard InChI is InChI=1S/C13H25N3O6/c1-4-6(2)9(15)13(20)21-5-8(14)12(19)22-7(3)10(16)11(17)18/h6-10H,4-5,14-16H2,1-3H3,(H,17,18)/t6-,7+,8-,9-,10-/m0/s1. The van der Waals surface area contributed by atoms with Gasteiger partial charge in [0.05, 0.1) is 0 Å². The number of carboxylic acids is 1. The van der Waals surface area contributed by atoms with Crippen LogP contribution < -0.4 is 17.2 Å². The third-order valence-electron chi connectivity index (χ3n) is 3.33. The maximum Gasteiger partial charge on any atom is 0.326 e. The van der Waals surface area contributed by atoms with Gasteiger partial charge in [0.25, 0.3) is 0 Å². The molecule has 0 radical (unpaired) electrons. The van der Waals surface area contributed by atoms with Crippen molar-refractivity contribution >= 4 is 17.9 Å². The van der Waals surface area contributed by atoms with Gasteiger partial charge in [0.2, 0.25) is 0 Å². The molecule has 0 amide bonds. The zero-order valence-electron chi connectivity index (χ0n) is 13.0. The fraction of sp³-hybridized carbons (Fsp3) is 0.769. The van der Waals surface area contributed by atoms with E-state index in [2.05, 4.69) is 0 Å². The second-order valence-corrected chi connectivity index (χ2v) is 5.15. The number of carbonyl (C=O) groups excluding carboxylic acids is 2. The molecule has 0 heterocycles. The van der Waals surface area contributed by atoms with Gasteiger partial charge in [0.15, 0.2) is 0 Å². The first-order valence-corrected chi connectivity index (χ1v) is 6.98. The predicted molar refractivity (Wildman–Crippen MR) is 77.5 cm³/mol. The topological polar surface area (TPSA) is 168 Å². The summed E-state index contributed by atoms with van der Waals surface area (Å²) in [7, 11) is 0. The lowest BCUT2D eigenvalue weighted by Gasteiger charge is -2.20. The van der Waals surface area contributed by atoms with Crippen LogP contribution in [0.5, 0.6) is 0 Å². The molecule has 0 bridgehead atoms. The van der Waals surface area contributed by atoms with Crippen LogP contribution in [0.1, 0.15) is 27.2 Å². The van der Waals surface area contributed by atoms with Crippen molar-refractivity contribution in [2.24, 2.45) is 23.1 Å². The molecule has 128 valence electrons. The number of esters is 2. The molecule has 9 nitrogen and oxygen atoms in total. The summed E-state index contributed by atoms with van der Waals surface area (Å²) in [5, 5.41) is 8.69. The molecule has 0 rings (SSSR count). The number of ether oxygens (including phenoxy) is 2. The van der Waals surface area contributed by atoms with E-state index >= 15 is 0 Å². The van der Waals surface area contributed by atoms with Crippen molar-refractivity contribution in [1.29, 1.82) is 0 Å². The Morgan fingerprint density at radius 1 is 1.05 bits per heavy atom. The maximum atomic E-state index is 11.6. The molecule has 0 saturated carbocycles. The smallest absolute Gasteiger partial charge is 0.326 e. The van der Waals surface area contributed by atoms with Crippen LogP contribution in [0.15, 0.2) is 0 Å². The summed E-state index contributed by atoms with van der Waals surface area (Å²) < 4.78 is 9.67. The molecule has 0 spiro atoms. The van der Waals surface area contributed by atoms with E-state index < -0.39 is 48.7 Å². The van der Waals surface area contributed by atoms with Gasteiger partial charge >= 0.3 is 17.9 Å². The van der Waals surface area contributed by atoms with Crippen LogP contribution in [0.4, 0.5) is 0 Å². The number of aliphatic carboxylic acids is 1. The second-order valence-electron chi connectivity index (χ2n) is 5.15. The van der Waals surface area contributed by atoms with E-state index in [0.717, 1.165) is 0 Å². The van der Waals surface area contributed by atoms with Crippen molar-refractivity contribution in [3.63, 3.8) is 0 Å². The van der Waals surface area contributed by atoms with Crippen LogP contribution >= 0.6 is 0 Å². The summed E-state index contributed by atoms with van der Waals surface area (Å²) in [6, 6.07) is -3.40. The molecule has 0 aliphatic carbocycles. The monoisotopic (exact) mass is 319 g/mol. The molecule has 0 aliphatic rings. The summed E-state index contributed by atoms with van der Waals surface area (Å²) in [6.45, 7) is 4.61. The number of hydrogen-bond acceptors (Lipinski definition) is 8. The predicted octanol–water partition coefficient (Wildman–Crippen LogP) is -1.43. The van der Waals surface area contributed by atoms with Gasteiger partial charge < -0.3 is 31.8 Å². The molecule has 0 aliphatic heterocycles. The molecule has 0 aromatic rings. The molecule has 7 N–H and O–H groups in total. The van der Waals surface area contributed by atoms with E-state index in [-0.39, 0.29) is 5.92 Å². The molecule has 22 heavy (non-hydrogen) atoms. The highest BCUT2D eigenvalue weighted by molar-refractivity contribution is 5.79.